The van der Waals surface area contributed by atoms with E-state index in [4.69, 9.17) is 0 Å². The van der Waals surface area contributed by atoms with Crippen molar-refractivity contribution in [1.82, 2.24) is 5.32 Å². The number of nitrogens with one attached hydrogen (secondary N) is 1. The molecule has 1 radical (unpaired) electrons. The molecule has 2 nitrogen and oxygen atoms in total. The molecule has 0 saturated carbocycles. The molecule has 0 aromatic heterocycles. The SMILES string of the molecule is [CH2]c1ccccc1C(=O)NC(C)(C)C. The summed E-state index contributed by atoms with van der Waals surface area (Å²) < 4.78 is 0. The number of carbonyl (C=O) groups excluding carboxylic acids is 1. The molecule has 0 unspecified atom stereocenters. The number of amides is 1. The summed E-state index contributed by atoms with van der Waals surface area (Å²) >= 11 is 0. The van der Waals surface area contributed by atoms with Crippen molar-refractivity contribution in [3.63, 3.8) is 0 Å². The van der Waals surface area contributed by atoms with Gasteiger partial charge in [-0.15, -0.1) is 0 Å². The van der Waals surface area contributed by atoms with Gasteiger partial charge in [-0.05, 0) is 39.3 Å². The topological polar surface area (TPSA) is 29.1 Å². The Kier molecular flexibility index (Phi) is 2.94. The van der Waals surface area contributed by atoms with E-state index in [0.29, 0.717) is 5.56 Å². The minimum absolute atomic E-state index is 0.0666. The van der Waals surface area contributed by atoms with E-state index in [1.165, 1.54) is 0 Å². The Morgan fingerprint density at radius 1 is 1.29 bits per heavy atom. The van der Waals surface area contributed by atoms with Gasteiger partial charge in [-0.3, -0.25) is 4.79 Å². The summed E-state index contributed by atoms with van der Waals surface area (Å²) in [7, 11) is 0. The first-order chi connectivity index (χ1) is 6.40. The second-order valence-corrected chi connectivity index (χ2v) is 4.36. The van der Waals surface area contributed by atoms with Gasteiger partial charge in [0.2, 0.25) is 0 Å². The maximum absolute atomic E-state index is 11.7. The summed E-state index contributed by atoms with van der Waals surface area (Å²) in [6, 6.07) is 7.32. The maximum atomic E-state index is 11.7. The Bertz CT molecular complexity index is 336. The third-order valence-electron chi connectivity index (χ3n) is 1.75. The van der Waals surface area contributed by atoms with Gasteiger partial charge >= 0.3 is 0 Å². The third-order valence-corrected chi connectivity index (χ3v) is 1.75. The predicted molar refractivity (Wildman–Crippen MR) is 58.1 cm³/mol. The lowest BCUT2D eigenvalue weighted by atomic mass is 10.1. The fraction of sp³-hybridized carbons (Fsp3) is 0.333. The Morgan fingerprint density at radius 2 is 1.86 bits per heavy atom. The predicted octanol–water partition coefficient (Wildman–Crippen LogP) is 2.40. The molecule has 0 bridgehead atoms. The van der Waals surface area contributed by atoms with Gasteiger partial charge in [-0.2, -0.15) is 0 Å². The van der Waals surface area contributed by atoms with E-state index in [0.717, 1.165) is 5.56 Å². The zero-order valence-corrected chi connectivity index (χ0v) is 8.92. The van der Waals surface area contributed by atoms with E-state index in [9.17, 15) is 4.79 Å². The third kappa shape index (κ3) is 2.87. The second-order valence-electron chi connectivity index (χ2n) is 4.36. The van der Waals surface area contributed by atoms with Crippen LogP contribution in [0.2, 0.25) is 0 Å². The molecule has 2 heteroatoms. The summed E-state index contributed by atoms with van der Waals surface area (Å²) in [6.45, 7) is 9.68. The van der Waals surface area contributed by atoms with Gasteiger partial charge in [0.05, 0.1) is 0 Å². The van der Waals surface area contributed by atoms with Crippen molar-refractivity contribution in [2.24, 2.45) is 0 Å². The second kappa shape index (κ2) is 3.82. The molecule has 0 saturated heterocycles. The van der Waals surface area contributed by atoms with Crippen LogP contribution in [0.15, 0.2) is 24.3 Å². The minimum Gasteiger partial charge on any atom is -0.347 e. The first-order valence-electron chi connectivity index (χ1n) is 4.64. The monoisotopic (exact) mass is 190 g/mol. The van der Waals surface area contributed by atoms with E-state index in [2.05, 4.69) is 12.2 Å². The van der Waals surface area contributed by atoms with Crippen LogP contribution in [0.3, 0.4) is 0 Å². The Labute approximate surface area is 85.3 Å². The summed E-state index contributed by atoms with van der Waals surface area (Å²) in [5.74, 6) is -0.0666. The van der Waals surface area contributed by atoms with Crippen LogP contribution in [0.25, 0.3) is 0 Å². The average molecular weight is 190 g/mol. The quantitative estimate of drug-likeness (QED) is 0.723. The number of hydrogen-bond donors (Lipinski definition) is 1. The highest BCUT2D eigenvalue weighted by molar-refractivity contribution is 5.96. The van der Waals surface area contributed by atoms with Crippen LogP contribution in [0, 0.1) is 6.92 Å². The summed E-state index contributed by atoms with van der Waals surface area (Å²) in [4.78, 5) is 11.7. The molecule has 1 aromatic carbocycles. The van der Waals surface area contributed by atoms with Crippen LogP contribution in [-0.4, -0.2) is 11.4 Å². The molecule has 0 aliphatic rings. The molecule has 1 aromatic rings. The summed E-state index contributed by atoms with van der Waals surface area (Å²) in [5.41, 5.74) is 1.19. The van der Waals surface area contributed by atoms with Gasteiger partial charge in [-0.1, -0.05) is 18.2 Å². The molecule has 0 heterocycles. The molecule has 1 N–H and O–H groups in total. The molecule has 0 spiro atoms. The van der Waals surface area contributed by atoms with E-state index >= 15 is 0 Å². The van der Waals surface area contributed by atoms with Gasteiger partial charge in [0.1, 0.15) is 0 Å². The Hall–Kier alpha value is -1.31. The normalized spacial score (nSPS) is 11.1. The van der Waals surface area contributed by atoms with Gasteiger partial charge in [0.25, 0.3) is 5.91 Å². The van der Waals surface area contributed by atoms with Crippen molar-refractivity contribution in [1.29, 1.82) is 0 Å². The zero-order valence-electron chi connectivity index (χ0n) is 8.92. The van der Waals surface area contributed by atoms with Crippen molar-refractivity contribution >= 4 is 5.91 Å². The van der Waals surface area contributed by atoms with Gasteiger partial charge in [0.15, 0.2) is 0 Å². The first kappa shape index (κ1) is 10.8. The van der Waals surface area contributed by atoms with Crippen LogP contribution in [-0.2, 0) is 0 Å². The molecule has 75 valence electrons. The Balaban J connectivity index is 2.86. The van der Waals surface area contributed by atoms with Gasteiger partial charge < -0.3 is 5.32 Å². The lowest BCUT2D eigenvalue weighted by Crippen LogP contribution is -2.40. The van der Waals surface area contributed by atoms with Crippen molar-refractivity contribution in [3.8, 4) is 0 Å². The molecular formula is C12H16NO. The fourth-order valence-corrected chi connectivity index (χ4v) is 1.15. The lowest BCUT2D eigenvalue weighted by Gasteiger charge is -2.21. The summed E-state index contributed by atoms with van der Waals surface area (Å²) in [5, 5.41) is 2.90. The highest BCUT2D eigenvalue weighted by Gasteiger charge is 2.15. The van der Waals surface area contributed by atoms with Crippen LogP contribution >= 0.6 is 0 Å². The van der Waals surface area contributed by atoms with Crippen molar-refractivity contribution in [2.75, 3.05) is 0 Å². The standard InChI is InChI=1S/C12H16NO/c1-9-7-5-6-8-10(9)11(14)13-12(2,3)4/h5-8H,1H2,2-4H3,(H,13,14). The van der Waals surface area contributed by atoms with E-state index < -0.39 is 0 Å². The first-order valence-corrected chi connectivity index (χ1v) is 4.64. The molecular weight excluding hydrogens is 174 g/mol. The van der Waals surface area contributed by atoms with Crippen molar-refractivity contribution < 1.29 is 4.79 Å². The number of hydrogen-bond acceptors (Lipinski definition) is 1. The summed E-state index contributed by atoms with van der Waals surface area (Å²) in [6.07, 6.45) is 0. The smallest absolute Gasteiger partial charge is 0.251 e. The Morgan fingerprint density at radius 3 is 2.36 bits per heavy atom. The van der Waals surface area contributed by atoms with Gasteiger partial charge in [0, 0.05) is 11.1 Å². The number of carbonyl (C=O) groups is 1. The molecule has 0 aliphatic heterocycles. The number of rotatable bonds is 1. The zero-order chi connectivity index (χ0) is 10.8. The molecule has 0 aliphatic carbocycles. The molecule has 14 heavy (non-hydrogen) atoms. The lowest BCUT2D eigenvalue weighted by molar-refractivity contribution is 0.0919. The molecule has 0 atom stereocenters. The van der Waals surface area contributed by atoms with Crippen LogP contribution in [0.4, 0.5) is 0 Å². The van der Waals surface area contributed by atoms with E-state index in [-0.39, 0.29) is 11.4 Å². The van der Waals surface area contributed by atoms with Gasteiger partial charge in [-0.25, -0.2) is 0 Å². The van der Waals surface area contributed by atoms with Crippen LogP contribution in [0.5, 0.6) is 0 Å². The maximum Gasteiger partial charge on any atom is 0.251 e. The molecule has 1 amide bonds. The average Bonchev–Trinajstić information content (AvgIpc) is 2.01. The molecule has 0 fully saturated rings. The van der Waals surface area contributed by atoms with E-state index in [1.807, 2.05) is 39.0 Å². The van der Waals surface area contributed by atoms with Crippen LogP contribution in [0.1, 0.15) is 36.7 Å². The van der Waals surface area contributed by atoms with E-state index in [1.54, 1.807) is 6.07 Å². The highest BCUT2D eigenvalue weighted by atomic mass is 16.1. The largest absolute Gasteiger partial charge is 0.347 e. The van der Waals surface area contributed by atoms with Crippen molar-refractivity contribution in [2.45, 2.75) is 26.3 Å². The fourth-order valence-electron chi connectivity index (χ4n) is 1.15. The number of benzene rings is 1. The highest BCUT2D eigenvalue weighted by Crippen LogP contribution is 2.09. The van der Waals surface area contributed by atoms with Crippen molar-refractivity contribution in [3.05, 3.63) is 42.3 Å². The molecule has 1 rings (SSSR count). The van der Waals surface area contributed by atoms with Crippen LogP contribution < -0.4 is 5.32 Å². The minimum atomic E-state index is -0.209.